The Balaban J connectivity index is 2.17. The van der Waals surface area contributed by atoms with Crippen molar-refractivity contribution < 1.29 is 38.0 Å². The van der Waals surface area contributed by atoms with Gasteiger partial charge in [-0.3, -0.25) is 29.2 Å². The van der Waals surface area contributed by atoms with E-state index in [1.165, 1.54) is 12.5 Å². The number of unbranched alkanes of at least 4 members (excludes halogenated alkanes) is 2. The first kappa shape index (κ1) is 34.6. The predicted octanol–water partition coefficient (Wildman–Crippen LogP) is 2.49. The molecule has 234 valence electrons. The lowest BCUT2D eigenvalue weighted by Crippen LogP contribution is -2.58. The molecule has 4 N–H and O–H groups in total. The summed E-state index contributed by atoms with van der Waals surface area (Å²) in [4.78, 5) is 66.5. The molecule has 1 aliphatic rings. The van der Waals surface area contributed by atoms with Gasteiger partial charge in [0, 0.05) is 32.0 Å². The van der Waals surface area contributed by atoms with Crippen molar-refractivity contribution in [1.29, 1.82) is 0 Å². The topological polar surface area (TPSA) is 148 Å². The highest BCUT2D eigenvalue weighted by molar-refractivity contribution is 5.95. The molecule has 1 aromatic carbocycles. The van der Waals surface area contributed by atoms with Crippen LogP contribution in [0.1, 0.15) is 76.1 Å². The summed E-state index contributed by atoms with van der Waals surface area (Å²) in [6.07, 6.45) is 1.66. The summed E-state index contributed by atoms with van der Waals surface area (Å²) in [6.45, 7) is 4.54. The van der Waals surface area contributed by atoms with E-state index in [9.17, 15) is 38.0 Å². The van der Waals surface area contributed by atoms with E-state index >= 15 is 0 Å². The van der Waals surface area contributed by atoms with Crippen LogP contribution in [0, 0.1) is 5.92 Å². The summed E-state index contributed by atoms with van der Waals surface area (Å²) >= 11 is 0. The van der Waals surface area contributed by atoms with E-state index in [0.717, 1.165) is 22.6 Å². The normalized spacial score (nSPS) is 18.0. The maximum atomic E-state index is 14.4. The van der Waals surface area contributed by atoms with Crippen molar-refractivity contribution in [2.24, 2.45) is 5.92 Å². The number of nitrogens with zero attached hydrogens (tertiary/aromatic N) is 2. The lowest BCUT2D eigenvalue weighted by molar-refractivity contribution is -0.148. The zero-order chi connectivity index (χ0) is 31.4. The smallest absolute Gasteiger partial charge is 0.267 e. The quantitative estimate of drug-likeness (QED) is 0.139. The summed E-state index contributed by atoms with van der Waals surface area (Å²) in [5, 5.41) is 14.4. The Morgan fingerprint density at radius 1 is 1.10 bits per heavy atom. The second-order valence-electron chi connectivity index (χ2n) is 10.8. The summed E-state index contributed by atoms with van der Waals surface area (Å²) in [7, 11) is 1.32. The van der Waals surface area contributed by atoms with Gasteiger partial charge in [0.25, 0.3) is 17.7 Å². The van der Waals surface area contributed by atoms with Crippen LogP contribution in [0.5, 0.6) is 0 Å². The lowest BCUT2D eigenvalue weighted by Gasteiger charge is -2.35. The fourth-order valence-electron chi connectivity index (χ4n) is 5.01. The van der Waals surface area contributed by atoms with E-state index in [2.05, 4.69) is 10.6 Å². The van der Waals surface area contributed by atoms with Crippen LogP contribution in [-0.2, 0) is 19.2 Å². The van der Waals surface area contributed by atoms with Gasteiger partial charge in [-0.2, -0.15) is 0 Å². The van der Waals surface area contributed by atoms with Crippen LogP contribution in [0.25, 0.3) is 0 Å². The zero-order valence-electron chi connectivity index (χ0n) is 24.7. The SMILES string of the molecule is CCCCCC(=O)N1CC(F)(F)C[C@@H]1C(=O)N(C)[C@H](C(=O)N[C@@H](CCNC(=O)c1ccccc1)C(=O)NO)[C@@H](C)CC. The van der Waals surface area contributed by atoms with Crippen LogP contribution in [-0.4, -0.2) is 88.7 Å². The molecule has 2 rings (SSSR count). The van der Waals surface area contributed by atoms with E-state index in [4.69, 9.17) is 0 Å². The molecule has 4 atom stereocenters. The highest BCUT2D eigenvalue weighted by atomic mass is 19.3. The summed E-state index contributed by atoms with van der Waals surface area (Å²) < 4.78 is 28.9. The number of amides is 5. The van der Waals surface area contributed by atoms with Gasteiger partial charge in [0.15, 0.2) is 0 Å². The summed E-state index contributed by atoms with van der Waals surface area (Å²) in [5.41, 5.74) is 1.89. The molecule has 0 saturated carbocycles. The van der Waals surface area contributed by atoms with E-state index in [1.54, 1.807) is 44.2 Å². The summed E-state index contributed by atoms with van der Waals surface area (Å²) in [5.74, 6) is -7.10. The molecule has 0 spiro atoms. The van der Waals surface area contributed by atoms with Gasteiger partial charge in [0.1, 0.15) is 18.1 Å². The molecule has 5 amide bonds. The van der Waals surface area contributed by atoms with Crippen molar-refractivity contribution >= 4 is 29.5 Å². The number of benzene rings is 1. The first-order valence-electron chi connectivity index (χ1n) is 14.4. The van der Waals surface area contributed by atoms with E-state index in [-0.39, 0.29) is 19.4 Å². The van der Waals surface area contributed by atoms with Gasteiger partial charge in [-0.15, -0.1) is 0 Å². The molecule has 0 unspecified atom stereocenters. The number of halogens is 2. The number of hydrogen-bond donors (Lipinski definition) is 4. The minimum atomic E-state index is -3.25. The number of carbonyl (C=O) groups excluding carboxylic acids is 5. The average Bonchev–Trinajstić information content (AvgIpc) is 3.31. The molecule has 1 aromatic rings. The lowest BCUT2D eigenvalue weighted by atomic mass is 9.95. The Kier molecular flexibility index (Phi) is 13.3. The van der Waals surface area contributed by atoms with Crippen LogP contribution < -0.4 is 16.1 Å². The van der Waals surface area contributed by atoms with Crippen molar-refractivity contribution in [2.45, 2.75) is 89.8 Å². The van der Waals surface area contributed by atoms with Crippen molar-refractivity contribution in [3.63, 3.8) is 0 Å². The molecule has 42 heavy (non-hydrogen) atoms. The van der Waals surface area contributed by atoms with Crippen LogP contribution in [0.4, 0.5) is 8.78 Å². The zero-order valence-corrected chi connectivity index (χ0v) is 24.7. The molecular formula is C29H43F2N5O6. The molecule has 11 nitrogen and oxygen atoms in total. The predicted molar refractivity (Wildman–Crippen MR) is 150 cm³/mol. The van der Waals surface area contributed by atoms with Crippen molar-refractivity contribution in [3.8, 4) is 0 Å². The Bertz CT molecular complexity index is 1090. The maximum Gasteiger partial charge on any atom is 0.267 e. The first-order chi connectivity index (χ1) is 19.9. The van der Waals surface area contributed by atoms with E-state index in [1.807, 2.05) is 6.92 Å². The third kappa shape index (κ3) is 9.47. The Hall–Kier alpha value is -3.61. The molecule has 1 saturated heterocycles. The van der Waals surface area contributed by atoms with E-state index in [0.29, 0.717) is 18.4 Å². The van der Waals surface area contributed by atoms with Gasteiger partial charge < -0.3 is 20.4 Å². The molecular weight excluding hydrogens is 552 g/mol. The van der Waals surface area contributed by atoms with Gasteiger partial charge in [-0.1, -0.05) is 58.2 Å². The van der Waals surface area contributed by atoms with Crippen LogP contribution in [0.3, 0.4) is 0 Å². The third-order valence-corrected chi connectivity index (χ3v) is 7.58. The number of hydroxylamine groups is 1. The van der Waals surface area contributed by atoms with Gasteiger partial charge >= 0.3 is 0 Å². The van der Waals surface area contributed by atoms with E-state index < -0.39 is 72.5 Å². The van der Waals surface area contributed by atoms with Gasteiger partial charge in [0.05, 0.1) is 6.54 Å². The Labute approximate surface area is 245 Å². The fourth-order valence-corrected chi connectivity index (χ4v) is 5.01. The molecule has 1 fully saturated rings. The summed E-state index contributed by atoms with van der Waals surface area (Å²) in [6, 6.07) is 4.49. The fraction of sp³-hybridized carbons (Fsp3) is 0.621. The second-order valence-corrected chi connectivity index (χ2v) is 10.8. The molecule has 0 radical (unpaired) electrons. The number of rotatable bonds is 15. The molecule has 1 aliphatic heterocycles. The standard InChI is InChI=1S/C29H43F2N5O6/c1-5-7-9-14-23(37)36-18-29(30,31)17-22(36)28(41)35(4)24(19(3)6-2)27(40)33-21(26(39)34-42)15-16-32-25(38)20-12-10-8-11-13-20/h8,10-13,19,21-22,24,42H,5-7,9,14-18H2,1-4H3,(H,32,38)(H,33,40)(H,34,39)/t19-,21-,22+,24-/m0/s1. The minimum Gasteiger partial charge on any atom is -0.352 e. The number of alkyl halides is 2. The van der Waals surface area contributed by atoms with Crippen LogP contribution >= 0.6 is 0 Å². The molecule has 0 aliphatic carbocycles. The molecule has 0 bridgehead atoms. The highest BCUT2D eigenvalue weighted by Gasteiger charge is 2.51. The maximum absolute atomic E-state index is 14.4. The van der Waals surface area contributed by atoms with Gasteiger partial charge in [-0.25, -0.2) is 14.3 Å². The highest BCUT2D eigenvalue weighted by Crippen LogP contribution is 2.34. The van der Waals surface area contributed by atoms with Crippen molar-refractivity contribution in [3.05, 3.63) is 35.9 Å². The Morgan fingerprint density at radius 2 is 1.76 bits per heavy atom. The number of hydrogen-bond acceptors (Lipinski definition) is 6. The third-order valence-electron chi connectivity index (χ3n) is 7.58. The van der Waals surface area contributed by atoms with Crippen LogP contribution in [0.2, 0.25) is 0 Å². The van der Waals surface area contributed by atoms with Crippen LogP contribution in [0.15, 0.2) is 30.3 Å². The number of carbonyl (C=O) groups is 5. The monoisotopic (exact) mass is 595 g/mol. The van der Waals surface area contributed by atoms with Crippen molar-refractivity contribution in [2.75, 3.05) is 20.1 Å². The largest absolute Gasteiger partial charge is 0.352 e. The van der Waals surface area contributed by atoms with Crippen molar-refractivity contribution in [1.82, 2.24) is 25.9 Å². The molecule has 1 heterocycles. The Morgan fingerprint density at radius 3 is 2.36 bits per heavy atom. The van der Waals surface area contributed by atoms with Gasteiger partial charge in [-0.05, 0) is 30.9 Å². The number of nitrogens with one attached hydrogen (secondary N) is 3. The average molecular weight is 596 g/mol. The van der Waals surface area contributed by atoms with Gasteiger partial charge in [0.2, 0.25) is 17.7 Å². The number of likely N-dealkylation sites (N-methyl/N-ethyl adjacent to an activating group) is 1. The minimum absolute atomic E-state index is 0.0267. The number of likely N-dealkylation sites (tertiary alicyclic amines) is 1. The molecule has 13 heteroatoms. The first-order valence-corrected chi connectivity index (χ1v) is 14.4. The second kappa shape index (κ2) is 16.1. The molecule has 0 aromatic heterocycles.